The number of rotatable bonds is 3. The van der Waals surface area contributed by atoms with Crippen molar-refractivity contribution in [2.75, 3.05) is 5.32 Å². The Morgan fingerprint density at radius 2 is 2.00 bits per heavy atom. The predicted molar refractivity (Wildman–Crippen MR) is 52.9 cm³/mol. The molecule has 2 rings (SSSR count). The number of anilines is 1. The summed E-state index contributed by atoms with van der Waals surface area (Å²) in [5.41, 5.74) is -0.728. The van der Waals surface area contributed by atoms with Gasteiger partial charge in [-0.1, -0.05) is 17.3 Å². The molecule has 0 saturated carbocycles. The first-order valence-electron chi connectivity index (χ1n) is 4.70. The monoisotopic (exact) mass is 243 g/mol. The summed E-state index contributed by atoms with van der Waals surface area (Å²) in [6.07, 6.45) is -4.39. The molecule has 1 heterocycles. The topological polar surface area (TPSA) is 66.5 Å². The summed E-state index contributed by atoms with van der Waals surface area (Å²) >= 11 is 0. The molecule has 0 unspecified atom stereocenters. The Bertz CT molecular complexity index is 480. The fraction of sp³-hybridized carbons (Fsp3) is 0.222. The van der Waals surface area contributed by atoms with E-state index in [-0.39, 0.29) is 12.2 Å². The molecule has 1 aromatic heterocycles. The zero-order chi connectivity index (χ0) is 12.3. The number of H-pyrrole nitrogens is 1. The lowest BCUT2D eigenvalue weighted by Gasteiger charge is -2.13. The van der Waals surface area contributed by atoms with Gasteiger partial charge in [0.1, 0.15) is 0 Å². The Hall–Kier alpha value is -2.12. The molecule has 0 bridgehead atoms. The second kappa shape index (κ2) is 4.40. The average Bonchev–Trinajstić information content (AvgIpc) is 2.78. The number of alkyl halides is 3. The fourth-order valence-corrected chi connectivity index (χ4v) is 1.32. The number of hydrogen-bond acceptors (Lipinski definition) is 4. The van der Waals surface area contributed by atoms with E-state index in [1.54, 1.807) is 0 Å². The predicted octanol–water partition coefficient (Wildman–Crippen LogP) is 1.83. The number of para-hydroxylation sites is 1. The van der Waals surface area contributed by atoms with Crippen molar-refractivity contribution >= 4 is 5.69 Å². The van der Waals surface area contributed by atoms with Gasteiger partial charge >= 0.3 is 6.18 Å². The second-order valence-corrected chi connectivity index (χ2v) is 3.22. The molecule has 2 aromatic rings. The number of tetrazole rings is 1. The molecule has 2 N–H and O–H groups in total. The lowest BCUT2D eigenvalue weighted by atomic mass is 10.1. The molecule has 0 spiro atoms. The SMILES string of the molecule is FC(F)(F)c1ccccc1NCc1nn[nH]n1. The Morgan fingerprint density at radius 1 is 1.24 bits per heavy atom. The van der Waals surface area contributed by atoms with E-state index in [9.17, 15) is 13.2 Å². The highest BCUT2D eigenvalue weighted by atomic mass is 19.4. The molecule has 1 aromatic carbocycles. The van der Waals surface area contributed by atoms with Crippen LogP contribution in [0.2, 0.25) is 0 Å². The lowest BCUT2D eigenvalue weighted by molar-refractivity contribution is -0.136. The second-order valence-electron chi connectivity index (χ2n) is 3.22. The third-order valence-corrected chi connectivity index (χ3v) is 2.06. The minimum absolute atomic E-state index is 0.00944. The summed E-state index contributed by atoms with van der Waals surface area (Å²) in [7, 11) is 0. The van der Waals surface area contributed by atoms with E-state index in [2.05, 4.69) is 25.9 Å². The number of halogens is 3. The molecule has 0 aliphatic heterocycles. The van der Waals surface area contributed by atoms with Gasteiger partial charge in [-0.25, -0.2) is 0 Å². The first-order valence-corrected chi connectivity index (χ1v) is 4.70. The number of nitrogens with zero attached hydrogens (tertiary/aromatic N) is 3. The van der Waals surface area contributed by atoms with Gasteiger partial charge in [-0.3, -0.25) is 0 Å². The van der Waals surface area contributed by atoms with Crippen LogP contribution in [0.3, 0.4) is 0 Å². The molecule has 0 aliphatic carbocycles. The van der Waals surface area contributed by atoms with Crippen molar-refractivity contribution in [2.24, 2.45) is 0 Å². The Balaban J connectivity index is 2.16. The Morgan fingerprint density at radius 3 is 2.65 bits per heavy atom. The minimum atomic E-state index is -4.39. The maximum atomic E-state index is 12.6. The number of benzene rings is 1. The van der Waals surface area contributed by atoms with Crippen molar-refractivity contribution in [2.45, 2.75) is 12.7 Å². The molecule has 5 nitrogen and oxygen atoms in total. The van der Waals surface area contributed by atoms with Crippen LogP contribution in [0.25, 0.3) is 0 Å². The van der Waals surface area contributed by atoms with Crippen molar-refractivity contribution < 1.29 is 13.2 Å². The van der Waals surface area contributed by atoms with E-state index >= 15 is 0 Å². The molecule has 0 fully saturated rings. The van der Waals surface area contributed by atoms with Crippen LogP contribution in [0.15, 0.2) is 24.3 Å². The summed E-state index contributed by atoms with van der Waals surface area (Å²) in [5.74, 6) is 0.293. The van der Waals surface area contributed by atoms with Gasteiger partial charge in [-0.2, -0.15) is 18.4 Å². The molecule has 0 radical (unpaired) electrons. The lowest BCUT2D eigenvalue weighted by Crippen LogP contribution is -2.11. The molecular formula is C9H8F3N5. The van der Waals surface area contributed by atoms with Gasteiger partial charge in [0.15, 0.2) is 5.82 Å². The van der Waals surface area contributed by atoms with E-state index in [0.29, 0.717) is 5.82 Å². The van der Waals surface area contributed by atoms with Crippen molar-refractivity contribution in [1.82, 2.24) is 20.6 Å². The van der Waals surface area contributed by atoms with Crippen molar-refractivity contribution in [3.63, 3.8) is 0 Å². The highest BCUT2D eigenvalue weighted by Crippen LogP contribution is 2.34. The van der Waals surface area contributed by atoms with E-state index < -0.39 is 11.7 Å². The van der Waals surface area contributed by atoms with Crippen molar-refractivity contribution in [3.8, 4) is 0 Å². The fourth-order valence-electron chi connectivity index (χ4n) is 1.32. The van der Waals surface area contributed by atoms with E-state index in [0.717, 1.165) is 6.07 Å². The molecule has 0 atom stereocenters. The molecular weight excluding hydrogens is 235 g/mol. The van der Waals surface area contributed by atoms with Crippen LogP contribution < -0.4 is 5.32 Å². The number of aromatic amines is 1. The molecule has 90 valence electrons. The number of hydrogen-bond donors (Lipinski definition) is 2. The van der Waals surface area contributed by atoms with Crippen LogP contribution >= 0.6 is 0 Å². The summed E-state index contributed by atoms with van der Waals surface area (Å²) < 4.78 is 37.9. The minimum Gasteiger partial charge on any atom is -0.377 e. The summed E-state index contributed by atoms with van der Waals surface area (Å²) in [6.45, 7) is 0.0730. The summed E-state index contributed by atoms with van der Waals surface area (Å²) in [4.78, 5) is 0. The first-order chi connectivity index (χ1) is 8.07. The van der Waals surface area contributed by atoms with Crippen LogP contribution in [0.5, 0.6) is 0 Å². The quantitative estimate of drug-likeness (QED) is 0.863. The Kier molecular flexibility index (Phi) is 2.94. The molecule has 0 amide bonds. The molecule has 0 saturated heterocycles. The van der Waals surface area contributed by atoms with Gasteiger partial charge in [0.25, 0.3) is 0 Å². The van der Waals surface area contributed by atoms with E-state index in [1.165, 1.54) is 18.2 Å². The van der Waals surface area contributed by atoms with Crippen LogP contribution in [0, 0.1) is 0 Å². The standard InChI is InChI=1S/C9H8F3N5/c10-9(11,12)6-3-1-2-4-7(6)13-5-8-14-16-17-15-8/h1-4,13H,5H2,(H,14,15,16,17). The van der Waals surface area contributed by atoms with Gasteiger partial charge in [0.2, 0.25) is 0 Å². The van der Waals surface area contributed by atoms with Crippen molar-refractivity contribution in [3.05, 3.63) is 35.7 Å². The number of aromatic nitrogens is 4. The first kappa shape index (κ1) is 11.4. The zero-order valence-electron chi connectivity index (χ0n) is 8.49. The van der Waals surface area contributed by atoms with Gasteiger partial charge in [-0.05, 0) is 12.1 Å². The Labute approximate surface area is 94.0 Å². The van der Waals surface area contributed by atoms with Gasteiger partial charge in [0.05, 0.1) is 12.1 Å². The van der Waals surface area contributed by atoms with Crippen LogP contribution in [0.1, 0.15) is 11.4 Å². The highest BCUT2D eigenvalue weighted by molar-refractivity contribution is 5.52. The van der Waals surface area contributed by atoms with Crippen LogP contribution in [-0.4, -0.2) is 20.6 Å². The van der Waals surface area contributed by atoms with Crippen molar-refractivity contribution in [1.29, 1.82) is 0 Å². The molecule has 8 heteroatoms. The zero-order valence-corrected chi connectivity index (χ0v) is 8.49. The smallest absolute Gasteiger partial charge is 0.377 e. The normalized spacial score (nSPS) is 11.5. The molecule has 0 aliphatic rings. The highest BCUT2D eigenvalue weighted by Gasteiger charge is 2.33. The van der Waals surface area contributed by atoms with Gasteiger partial charge in [0, 0.05) is 5.69 Å². The average molecular weight is 243 g/mol. The van der Waals surface area contributed by atoms with E-state index in [1.807, 2.05) is 0 Å². The van der Waals surface area contributed by atoms with Crippen LogP contribution in [0.4, 0.5) is 18.9 Å². The summed E-state index contributed by atoms with van der Waals surface area (Å²) in [6, 6.07) is 5.22. The van der Waals surface area contributed by atoms with E-state index in [4.69, 9.17) is 0 Å². The maximum absolute atomic E-state index is 12.6. The molecule has 17 heavy (non-hydrogen) atoms. The van der Waals surface area contributed by atoms with Gasteiger partial charge in [-0.15, -0.1) is 10.2 Å². The number of nitrogens with one attached hydrogen (secondary N) is 2. The third kappa shape index (κ3) is 2.71. The van der Waals surface area contributed by atoms with Crippen LogP contribution in [-0.2, 0) is 12.7 Å². The van der Waals surface area contributed by atoms with Gasteiger partial charge < -0.3 is 5.32 Å². The largest absolute Gasteiger partial charge is 0.418 e. The third-order valence-electron chi connectivity index (χ3n) is 2.06. The maximum Gasteiger partial charge on any atom is 0.418 e. The summed E-state index contributed by atoms with van der Waals surface area (Å²) in [5, 5.41) is 15.4.